The number of hydrogen-bond acceptors (Lipinski definition) is 2. The van der Waals surface area contributed by atoms with Gasteiger partial charge < -0.3 is 14.8 Å². The van der Waals surface area contributed by atoms with Crippen molar-refractivity contribution in [1.29, 1.82) is 0 Å². The predicted octanol–water partition coefficient (Wildman–Crippen LogP) is 2.45. The average molecular weight is 219 g/mol. The molecule has 0 aliphatic rings. The summed E-state index contributed by atoms with van der Waals surface area (Å²) in [6.45, 7) is 4.13. The van der Waals surface area contributed by atoms with Crippen molar-refractivity contribution in [1.82, 2.24) is 4.98 Å². The van der Waals surface area contributed by atoms with Crippen molar-refractivity contribution >= 4 is 10.9 Å². The number of aromatic amines is 1. The standard InChI is InChI=1S/C13H17NO2/c1-13(2,8-15)9-6-11-10(4-5-14-11)12(7-9)16-3/h4-7,14-15H,8H2,1-3H3. The Balaban J connectivity index is 2.64. The van der Waals surface area contributed by atoms with Gasteiger partial charge in [-0.15, -0.1) is 0 Å². The highest BCUT2D eigenvalue weighted by Gasteiger charge is 2.21. The molecule has 0 fully saturated rings. The van der Waals surface area contributed by atoms with Crippen LogP contribution in [0.5, 0.6) is 5.75 Å². The summed E-state index contributed by atoms with van der Waals surface area (Å²) in [5.74, 6) is 0.843. The number of benzene rings is 1. The van der Waals surface area contributed by atoms with Crippen LogP contribution in [-0.4, -0.2) is 23.8 Å². The quantitative estimate of drug-likeness (QED) is 0.832. The van der Waals surface area contributed by atoms with Crippen LogP contribution < -0.4 is 4.74 Å². The van der Waals surface area contributed by atoms with E-state index in [1.807, 2.05) is 32.2 Å². The minimum absolute atomic E-state index is 0.113. The number of aliphatic hydroxyl groups excluding tert-OH is 1. The molecule has 1 heterocycles. The van der Waals surface area contributed by atoms with Crippen molar-refractivity contribution in [3.05, 3.63) is 30.0 Å². The summed E-state index contributed by atoms with van der Waals surface area (Å²) in [7, 11) is 1.66. The van der Waals surface area contributed by atoms with Crippen LogP contribution in [0.1, 0.15) is 19.4 Å². The fourth-order valence-electron chi connectivity index (χ4n) is 1.78. The van der Waals surface area contributed by atoms with Gasteiger partial charge in [-0.1, -0.05) is 13.8 Å². The van der Waals surface area contributed by atoms with Crippen molar-refractivity contribution in [3.63, 3.8) is 0 Å². The lowest BCUT2D eigenvalue weighted by molar-refractivity contribution is 0.218. The molecule has 86 valence electrons. The van der Waals surface area contributed by atoms with E-state index in [-0.39, 0.29) is 12.0 Å². The molecule has 0 radical (unpaired) electrons. The molecule has 2 N–H and O–H groups in total. The monoisotopic (exact) mass is 219 g/mol. The van der Waals surface area contributed by atoms with Crippen LogP contribution in [0, 0.1) is 0 Å². The van der Waals surface area contributed by atoms with E-state index in [9.17, 15) is 5.11 Å². The van der Waals surface area contributed by atoms with E-state index in [0.29, 0.717) is 0 Å². The molecule has 0 spiro atoms. The zero-order chi connectivity index (χ0) is 11.8. The summed E-state index contributed by atoms with van der Waals surface area (Å²) >= 11 is 0. The van der Waals surface area contributed by atoms with E-state index in [1.54, 1.807) is 7.11 Å². The Kier molecular flexibility index (Phi) is 2.64. The smallest absolute Gasteiger partial charge is 0.128 e. The maximum Gasteiger partial charge on any atom is 0.128 e. The minimum atomic E-state index is -0.257. The Morgan fingerprint density at radius 1 is 1.38 bits per heavy atom. The molecule has 0 aliphatic heterocycles. The first-order valence-corrected chi connectivity index (χ1v) is 5.35. The molecule has 2 aromatic rings. The Bertz CT molecular complexity index is 500. The van der Waals surface area contributed by atoms with Crippen LogP contribution in [0.3, 0.4) is 0 Å². The van der Waals surface area contributed by atoms with Gasteiger partial charge in [0.2, 0.25) is 0 Å². The first-order valence-electron chi connectivity index (χ1n) is 5.35. The molecule has 1 aromatic carbocycles. The second-order valence-corrected chi connectivity index (χ2v) is 4.66. The van der Waals surface area contributed by atoms with E-state index >= 15 is 0 Å². The van der Waals surface area contributed by atoms with E-state index in [2.05, 4.69) is 11.1 Å². The molecule has 0 aliphatic carbocycles. The Morgan fingerprint density at radius 3 is 2.75 bits per heavy atom. The highest BCUT2D eigenvalue weighted by atomic mass is 16.5. The summed E-state index contributed by atoms with van der Waals surface area (Å²) in [6.07, 6.45) is 1.89. The van der Waals surface area contributed by atoms with Crippen LogP contribution in [0.25, 0.3) is 10.9 Å². The van der Waals surface area contributed by atoms with Gasteiger partial charge in [-0.25, -0.2) is 0 Å². The number of rotatable bonds is 3. The van der Waals surface area contributed by atoms with E-state index in [1.165, 1.54) is 0 Å². The topological polar surface area (TPSA) is 45.2 Å². The molecule has 0 amide bonds. The third-order valence-electron chi connectivity index (χ3n) is 3.03. The normalized spacial score (nSPS) is 12.0. The molecule has 1 aromatic heterocycles. The van der Waals surface area contributed by atoms with Crippen LogP contribution >= 0.6 is 0 Å². The van der Waals surface area contributed by atoms with Gasteiger partial charge in [-0.3, -0.25) is 0 Å². The van der Waals surface area contributed by atoms with Gasteiger partial charge >= 0.3 is 0 Å². The van der Waals surface area contributed by atoms with E-state index < -0.39 is 0 Å². The number of aromatic nitrogens is 1. The zero-order valence-electron chi connectivity index (χ0n) is 9.87. The van der Waals surface area contributed by atoms with Crippen LogP contribution in [0.2, 0.25) is 0 Å². The Labute approximate surface area is 95.1 Å². The molecular formula is C13H17NO2. The van der Waals surface area contributed by atoms with Gasteiger partial charge in [0.1, 0.15) is 5.75 Å². The molecule has 0 unspecified atom stereocenters. The number of H-pyrrole nitrogens is 1. The fraction of sp³-hybridized carbons (Fsp3) is 0.385. The number of ether oxygens (including phenoxy) is 1. The van der Waals surface area contributed by atoms with Gasteiger partial charge in [-0.05, 0) is 23.8 Å². The highest BCUT2D eigenvalue weighted by molar-refractivity contribution is 5.86. The second-order valence-electron chi connectivity index (χ2n) is 4.66. The predicted molar refractivity (Wildman–Crippen MR) is 65.0 cm³/mol. The third kappa shape index (κ3) is 1.67. The van der Waals surface area contributed by atoms with E-state index in [0.717, 1.165) is 22.2 Å². The molecule has 0 saturated heterocycles. The zero-order valence-corrected chi connectivity index (χ0v) is 9.87. The third-order valence-corrected chi connectivity index (χ3v) is 3.03. The molecule has 0 atom stereocenters. The maximum absolute atomic E-state index is 9.38. The summed E-state index contributed by atoms with van der Waals surface area (Å²) in [5, 5.41) is 10.5. The summed E-state index contributed by atoms with van der Waals surface area (Å²) in [4.78, 5) is 3.17. The van der Waals surface area contributed by atoms with Crippen molar-refractivity contribution in [2.45, 2.75) is 19.3 Å². The summed E-state index contributed by atoms with van der Waals surface area (Å²) < 4.78 is 5.36. The molecule has 16 heavy (non-hydrogen) atoms. The van der Waals surface area contributed by atoms with Crippen molar-refractivity contribution in [2.75, 3.05) is 13.7 Å². The molecule has 3 nitrogen and oxygen atoms in total. The lowest BCUT2D eigenvalue weighted by atomic mass is 9.85. The van der Waals surface area contributed by atoms with Crippen molar-refractivity contribution in [2.24, 2.45) is 0 Å². The van der Waals surface area contributed by atoms with E-state index in [4.69, 9.17) is 4.74 Å². The maximum atomic E-state index is 9.38. The fourth-order valence-corrected chi connectivity index (χ4v) is 1.78. The average Bonchev–Trinajstić information content (AvgIpc) is 2.75. The van der Waals surface area contributed by atoms with Gasteiger partial charge in [0.15, 0.2) is 0 Å². The minimum Gasteiger partial charge on any atom is -0.496 e. The lowest BCUT2D eigenvalue weighted by Crippen LogP contribution is -2.22. The largest absolute Gasteiger partial charge is 0.496 e. The molecule has 0 saturated carbocycles. The molecule has 3 heteroatoms. The van der Waals surface area contributed by atoms with Gasteiger partial charge in [-0.2, -0.15) is 0 Å². The highest BCUT2D eigenvalue weighted by Crippen LogP contribution is 2.32. The summed E-state index contributed by atoms with van der Waals surface area (Å²) in [6, 6.07) is 6.05. The lowest BCUT2D eigenvalue weighted by Gasteiger charge is -2.23. The number of aliphatic hydroxyl groups is 1. The molecule has 0 bridgehead atoms. The first-order chi connectivity index (χ1) is 7.58. The van der Waals surface area contributed by atoms with Crippen LogP contribution in [0.15, 0.2) is 24.4 Å². The SMILES string of the molecule is COc1cc(C(C)(C)CO)cc2[nH]ccc12. The van der Waals surface area contributed by atoms with Gasteiger partial charge in [0.25, 0.3) is 0 Å². The molecular weight excluding hydrogens is 202 g/mol. The number of methoxy groups -OCH3 is 1. The second kappa shape index (κ2) is 3.83. The van der Waals surface area contributed by atoms with Crippen LogP contribution in [0.4, 0.5) is 0 Å². The first kappa shape index (κ1) is 11.0. The summed E-state index contributed by atoms with van der Waals surface area (Å²) in [5.41, 5.74) is 1.85. The number of hydrogen-bond donors (Lipinski definition) is 2. The molecule has 2 rings (SSSR count). The Hall–Kier alpha value is -1.48. The number of nitrogens with one attached hydrogen (secondary N) is 1. The van der Waals surface area contributed by atoms with Crippen molar-refractivity contribution < 1.29 is 9.84 Å². The van der Waals surface area contributed by atoms with Gasteiger partial charge in [0, 0.05) is 22.5 Å². The van der Waals surface area contributed by atoms with Crippen LogP contribution in [-0.2, 0) is 5.41 Å². The van der Waals surface area contributed by atoms with Gasteiger partial charge in [0.05, 0.1) is 13.7 Å². The Morgan fingerprint density at radius 2 is 2.12 bits per heavy atom. The van der Waals surface area contributed by atoms with Crippen molar-refractivity contribution in [3.8, 4) is 5.75 Å². The number of fused-ring (bicyclic) bond motifs is 1.